The van der Waals surface area contributed by atoms with Crippen LogP contribution in [-0.2, 0) is 6.42 Å². The number of hydrogen-bond donors (Lipinski definition) is 2. The van der Waals surface area contributed by atoms with Crippen LogP contribution in [0.3, 0.4) is 0 Å². The van der Waals surface area contributed by atoms with Crippen molar-refractivity contribution in [2.45, 2.75) is 6.42 Å². The molecule has 0 aliphatic carbocycles. The summed E-state index contributed by atoms with van der Waals surface area (Å²) in [7, 11) is 0. The lowest BCUT2D eigenvalue weighted by Gasteiger charge is -2.08. The van der Waals surface area contributed by atoms with Gasteiger partial charge in [0.05, 0.1) is 5.69 Å². The minimum atomic E-state index is 0.554. The van der Waals surface area contributed by atoms with Gasteiger partial charge in [-0.2, -0.15) is 0 Å². The van der Waals surface area contributed by atoms with Gasteiger partial charge in [0.15, 0.2) is 0 Å². The van der Waals surface area contributed by atoms with Gasteiger partial charge in [-0.3, -0.25) is 0 Å². The van der Waals surface area contributed by atoms with E-state index in [-0.39, 0.29) is 0 Å². The standard InChI is InChI=1S/C12H13BrN4/c13-9-3-1-2-4-10(9)16-12-6-8-15-11(17-12)5-7-14/h1-4,6,8H,5,7,14H2,(H,15,16,17). The number of benzene rings is 1. The average molecular weight is 293 g/mol. The number of nitrogens with two attached hydrogens (primary N) is 1. The number of nitrogens with zero attached hydrogens (tertiary/aromatic N) is 2. The van der Waals surface area contributed by atoms with Gasteiger partial charge in [0, 0.05) is 17.1 Å². The fourth-order valence-corrected chi connectivity index (χ4v) is 1.80. The lowest BCUT2D eigenvalue weighted by Crippen LogP contribution is -2.07. The molecule has 0 unspecified atom stereocenters. The first-order valence-electron chi connectivity index (χ1n) is 5.33. The average Bonchev–Trinajstić information content (AvgIpc) is 2.33. The topological polar surface area (TPSA) is 63.8 Å². The third-order valence-electron chi connectivity index (χ3n) is 2.21. The maximum absolute atomic E-state index is 5.48. The van der Waals surface area contributed by atoms with E-state index in [4.69, 9.17) is 5.73 Å². The molecule has 0 bridgehead atoms. The predicted octanol–water partition coefficient (Wildman–Crippen LogP) is 2.48. The second kappa shape index (κ2) is 5.75. The molecule has 0 saturated carbocycles. The normalized spacial score (nSPS) is 10.2. The van der Waals surface area contributed by atoms with Crippen molar-refractivity contribution in [1.82, 2.24) is 9.97 Å². The third kappa shape index (κ3) is 3.25. The van der Waals surface area contributed by atoms with Crippen molar-refractivity contribution in [3.63, 3.8) is 0 Å². The molecule has 0 saturated heterocycles. The molecule has 0 amide bonds. The van der Waals surface area contributed by atoms with Gasteiger partial charge in [0.25, 0.3) is 0 Å². The van der Waals surface area contributed by atoms with Crippen LogP contribution < -0.4 is 11.1 Å². The highest BCUT2D eigenvalue weighted by Crippen LogP contribution is 2.24. The maximum Gasteiger partial charge on any atom is 0.134 e. The molecule has 2 aromatic rings. The third-order valence-corrected chi connectivity index (χ3v) is 2.90. The first-order chi connectivity index (χ1) is 8.29. The Morgan fingerprint density at radius 3 is 2.82 bits per heavy atom. The molecule has 1 aromatic heterocycles. The Morgan fingerprint density at radius 2 is 2.06 bits per heavy atom. The second-order valence-corrected chi connectivity index (χ2v) is 4.36. The van der Waals surface area contributed by atoms with Gasteiger partial charge in [-0.25, -0.2) is 9.97 Å². The summed E-state index contributed by atoms with van der Waals surface area (Å²) in [5.41, 5.74) is 6.46. The fraction of sp³-hybridized carbons (Fsp3) is 0.167. The van der Waals surface area contributed by atoms with Crippen molar-refractivity contribution in [1.29, 1.82) is 0 Å². The van der Waals surface area contributed by atoms with Crippen LogP contribution in [0.25, 0.3) is 0 Å². The SMILES string of the molecule is NCCc1nccc(Nc2ccccc2Br)n1. The van der Waals surface area contributed by atoms with Gasteiger partial charge in [-0.15, -0.1) is 0 Å². The Labute approximate surface area is 108 Å². The molecule has 88 valence electrons. The smallest absolute Gasteiger partial charge is 0.134 e. The minimum absolute atomic E-state index is 0.554. The summed E-state index contributed by atoms with van der Waals surface area (Å²) >= 11 is 3.48. The van der Waals surface area contributed by atoms with Gasteiger partial charge in [0.2, 0.25) is 0 Å². The summed E-state index contributed by atoms with van der Waals surface area (Å²) in [4.78, 5) is 8.53. The van der Waals surface area contributed by atoms with Crippen molar-refractivity contribution < 1.29 is 0 Å². The lowest BCUT2D eigenvalue weighted by molar-refractivity contribution is 0.870. The minimum Gasteiger partial charge on any atom is -0.339 e. The van der Waals surface area contributed by atoms with Crippen LogP contribution in [0.1, 0.15) is 5.82 Å². The monoisotopic (exact) mass is 292 g/mol. The van der Waals surface area contributed by atoms with E-state index in [2.05, 4.69) is 31.2 Å². The molecule has 3 N–H and O–H groups in total. The van der Waals surface area contributed by atoms with Crippen LogP contribution in [0.4, 0.5) is 11.5 Å². The molecular formula is C12H13BrN4. The van der Waals surface area contributed by atoms with E-state index in [9.17, 15) is 0 Å². The van der Waals surface area contributed by atoms with E-state index < -0.39 is 0 Å². The number of aromatic nitrogens is 2. The first-order valence-corrected chi connectivity index (χ1v) is 6.12. The van der Waals surface area contributed by atoms with E-state index in [0.29, 0.717) is 13.0 Å². The number of nitrogens with one attached hydrogen (secondary N) is 1. The summed E-state index contributed by atoms with van der Waals surface area (Å²) in [6.07, 6.45) is 2.42. The van der Waals surface area contributed by atoms with E-state index in [1.54, 1.807) is 6.20 Å². The highest BCUT2D eigenvalue weighted by molar-refractivity contribution is 9.10. The van der Waals surface area contributed by atoms with Crippen molar-refractivity contribution in [2.24, 2.45) is 5.73 Å². The first kappa shape index (κ1) is 12.0. The summed E-state index contributed by atoms with van der Waals surface area (Å²) in [6, 6.07) is 9.72. The summed E-state index contributed by atoms with van der Waals surface area (Å²) in [5.74, 6) is 1.53. The molecule has 0 fully saturated rings. The highest BCUT2D eigenvalue weighted by Gasteiger charge is 2.01. The zero-order valence-corrected chi connectivity index (χ0v) is 10.8. The Bertz CT molecular complexity index is 501. The lowest BCUT2D eigenvalue weighted by atomic mass is 10.3. The largest absolute Gasteiger partial charge is 0.339 e. The molecule has 0 atom stereocenters. The molecule has 4 nitrogen and oxygen atoms in total. The maximum atomic E-state index is 5.48. The molecule has 0 aliphatic rings. The van der Waals surface area contributed by atoms with Gasteiger partial charge < -0.3 is 11.1 Å². The van der Waals surface area contributed by atoms with E-state index >= 15 is 0 Å². The zero-order valence-electron chi connectivity index (χ0n) is 9.23. The van der Waals surface area contributed by atoms with Gasteiger partial charge in [-0.05, 0) is 40.7 Å². The van der Waals surface area contributed by atoms with Crippen LogP contribution in [0.15, 0.2) is 41.0 Å². The van der Waals surface area contributed by atoms with Crippen LogP contribution in [0.2, 0.25) is 0 Å². The summed E-state index contributed by atoms with van der Waals surface area (Å²) in [6.45, 7) is 0.554. The van der Waals surface area contributed by atoms with Crippen LogP contribution in [0.5, 0.6) is 0 Å². The fourth-order valence-electron chi connectivity index (χ4n) is 1.42. The number of hydrogen-bond acceptors (Lipinski definition) is 4. The molecule has 2 rings (SSSR count). The molecule has 0 radical (unpaired) electrons. The Hall–Kier alpha value is -1.46. The number of anilines is 2. The Morgan fingerprint density at radius 1 is 1.24 bits per heavy atom. The zero-order chi connectivity index (χ0) is 12.1. The van der Waals surface area contributed by atoms with Crippen molar-refractivity contribution >= 4 is 27.4 Å². The van der Waals surface area contributed by atoms with E-state index in [1.165, 1.54) is 0 Å². The predicted molar refractivity (Wildman–Crippen MR) is 72.2 cm³/mol. The second-order valence-electron chi connectivity index (χ2n) is 3.50. The number of para-hydroxylation sites is 1. The van der Waals surface area contributed by atoms with Crippen LogP contribution in [-0.4, -0.2) is 16.5 Å². The number of rotatable bonds is 4. The molecular weight excluding hydrogens is 280 g/mol. The van der Waals surface area contributed by atoms with E-state index in [0.717, 1.165) is 21.8 Å². The van der Waals surface area contributed by atoms with Gasteiger partial charge in [-0.1, -0.05) is 12.1 Å². The highest BCUT2D eigenvalue weighted by atomic mass is 79.9. The molecule has 1 aromatic carbocycles. The van der Waals surface area contributed by atoms with Crippen molar-refractivity contribution in [3.8, 4) is 0 Å². The molecule has 0 spiro atoms. The molecule has 5 heteroatoms. The quantitative estimate of drug-likeness (QED) is 0.909. The Balaban J connectivity index is 2.18. The Kier molecular flexibility index (Phi) is 4.06. The van der Waals surface area contributed by atoms with E-state index in [1.807, 2.05) is 30.3 Å². The van der Waals surface area contributed by atoms with Crippen LogP contribution >= 0.6 is 15.9 Å². The van der Waals surface area contributed by atoms with Crippen molar-refractivity contribution in [2.75, 3.05) is 11.9 Å². The molecule has 17 heavy (non-hydrogen) atoms. The van der Waals surface area contributed by atoms with Gasteiger partial charge >= 0.3 is 0 Å². The van der Waals surface area contributed by atoms with Crippen LogP contribution in [0, 0.1) is 0 Å². The summed E-state index contributed by atoms with van der Waals surface area (Å²) in [5, 5.41) is 3.23. The molecule has 0 aliphatic heterocycles. The van der Waals surface area contributed by atoms with Crippen molar-refractivity contribution in [3.05, 3.63) is 46.8 Å². The number of halogens is 1. The van der Waals surface area contributed by atoms with Gasteiger partial charge in [0.1, 0.15) is 11.6 Å². The molecule has 1 heterocycles. The summed E-state index contributed by atoms with van der Waals surface area (Å²) < 4.78 is 0.999.